The highest BCUT2D eigenvalue weighted by molar-refractivity contribution is 5.90. The van der Waals surface area contributed by atoms with Gasteiger partial charge < -0.3 is 21.3 Å². The molecule has 2 aromatic carbocycles. The third kappa shape index (κ3) is 6.40. The number of nitrogens with one attached hydrogen (secondary N) is 4. The lowest BCUT2D eigenvalue weighted by molar-refractivity contribution is -0.122. The number of alkyl halides is 3. The molecular formula is C26H26ClF3N6O. The summed E-state index contributed by atoms with van der Waals surface area (Å²) in [5, 5.41) is 11.2. The summed E-state index contributed by atoms with van der Waals surface area (Å²) < 4.78 is 38.9. The lowest BCUT2D eigenvalue weighted by atomic mass is 10.0. The van der Waals surface area contributed by atoms with Crippen molar-refractivity contribution in [2.24, 2.45) is 0 Å². The lowest BCUT2D eigenvalue weighted by Gasteiger charge is -2.25. The van der Waals surface area contributed by atoms with E-state index in [9.17, 15) is 18.0 Å². The number of rotatable bonds is 5. The van der Waals surface area contributed by atoms with Gasteiger partial charge in [0.15, 0.2) is 0 Å². The summed E-state index contributed by atoms with van der Waals surface area (Å²) in [4.78, 5) is 16.3. The molecule has 2 aromatic heterocycles. The minimum atomic E-state index is -4.47. The maximum absolute atomic E-state index is 12.3. The van der Waals surface area contributed by atoms with Gasteiger partial charge in [-0.3, -0.25) is 4.40 Å². The van der Waals surface area contributed by atoms with Gasteiger partial charge >= 0.3 is 12.2 Å². The van der Waals surface area contributed by atoms with Crippen LogP contribution in [0, 0.1) is 0 Å². The Morgan fingerprint density at radius 2 is 1.84 bits per heavy atom. The molecule has 1 aliphatic heterocycles. The van der Waals surface area contributed by atoms with E-state index >= 15 is 0 Å². The number of hydrogen-bond acceptors (Lipinski definition) is 4. The zero-order chi connectivity index (χ0) is 25.1. The van der Waals surface area contributed by atoms with Crippen LogP contribution in [0.4, 0.5) is 23.7 Å². The van der Waals surface area contributed by atoms with E-state index in [1.165, 1.54) is 5.56 Å². The summed E-state index contributed by atoms with van der Waals surface area (Å²) in [6.45, 7) is 1.46. The molecule has 5 rings (SSSR count). The third-order valence-electron chi connectivity index (χ3n) is 6.07. The lowest BCUT2D eigenvalue weighted by Crippen LogP contribution is -2.42. The molecule has 1 unspecified atom stereocenters. The van der Waals surface area contributed by atoms with Gasteiger partial charge in [0.25, 0.3) is 0 Å². The smallest absolute Gasteiger partial charge is 0.329 e. The Morgan fingerprint density at radius 1 is 1.03 bits per heavy atom. The van der Waals surface area contributed by atoms with Crippen LogP contribution in [0.25, 0.3) is 28.0 Å². The normalized spacial score (nSPS) is 15.7. The molecule has 37 heavy (non-hydrogen) atoms. The predicted molar refractivity (Wildman–Crippen MR) is 140 cm³/mol. The molecule has 0 spiro atoms. The number of anilines is 1. The van der Waals surface area contributed by atoms with Crippen molar-refractivity contribution in [1.82, 2.24) is 25.3 Å². The zero-order valence-electron chi connectivity index (χ0n) is 19.7. The van der Waals surface area contributed by atoms with Crippen LogP contribution in [0.3, 0.4) is 0 Å². The second kappa shape index (κ2) is 11.2. The first-order chi connectivity index (χ1) is 17.4. The molecule has 4 aromatic rings. The van der Waals surface area contributed by atoms with Gasteiger partial charge in [0, 0.05) is 43.1 Å². The third-order valence-corrected chi connectivity index (χ3v) is 6.07. The number of imidazole rings is 1. The molecule has 11 heteroatoms. The summed E-state index contributed by atoms with van der Waals surface area (Å²) in [5.41, 5.74) is 6.07. The molecule has 3 heterocycles. The molecule has 194 valence electrons. The highest BCUT2D eigenvalue weighted by atomic mass is 35.5. The van der Waals surface area contributed by atoms with Gasteiger partial charge in [-0.05, 0) is 41.0 Å². The molecule has 0 bridgehead atoms. The summed E-state index contributed by atoms with van der Waals surface area (Å²) in [6.07, 6.45) is -0.808. The fourth-order valence-corrected chi connectivity index (χ4v) is 4.28. The maximum atomic E-state index is 12.3. The Balaban J connectivity index is 0.00000320. The van der Waals surface area contributed by atoms with Crippen molar-refractivity contribution in [2.75, 3.05) is 31.5 Å². The van der Waals surface area contributed by atoms with Crippen molar-refractivity contribution in [2.45, 2.75) is 12.2 Å². The van der Waals surface area contributed by atoms with Crippen LogP contribution in [-0.4, -0.2) is 47.8 Å². The molecule has 0 aliphatic carbocycles. The Labute approximate surface area is 217 Å². The number of halogens is 4. The molecule has 0 saturated carbocycles. The summed E-state index contributed by atoms with van der Waals surface area (Å²) in [7, 11) is 0. The molecule has 1 fully saturated rings. The first-order valence-electron chi connectivity index (χ1n) is 11.6. The van der Waals surface area contributed by atoms with Crippen LogP contribution in [0.5, 0.6) is 0 Å². The summed E-state index contributed by atoms with van der Waals surface area (Å²) >= 11 is 0. The van der Waals surface area contributed by atoms with E-state index in [-0.39, 0.29) is 12.4 Å². The monoisotopic (exact) mass is 530 g/mol. The molecule has 1 atom stereocenters. The number of carbonyl (C=O) groups is 1. The van der Waals surface area contributed by atoms with Gasteiger partial charge in [0.1, 0.15) is 12.2 Å². The second-order valence-electron chi connectivity index (χ2n) is 8.62. The largest absolute Gasteiger partial charge is 0.405 e. The molecule has 1 aliphatic rings. The van der Waals surface area contributed by atoms with E-state index < -0.39 is 18.8 Å². The number of carbonyl (C=O) groups excluding carboxylic acids is 1. The molecule has 7 nitrogen and oxygen atoms in total. The minimum absolute atomic E-state index is 0. The molecule has 1 saturated heterocycles. The number of urea groups is 1. The highest BCUT2D eigenvalue weighted by Crippen LogP contribution is 2.28. The summed E-state index contributed by atoms with van der Waals surface area (Å²) in [6, 6.07) is 18.8. The average Bonchev–Trinajstić information content (AvgIpc) is 3.31. The zero-order valence-corrected chi connectivity index (χ0v) is 20.5. The van der Waals surface area contributed by atoms with E-state index in [2.05, 4.69) is 45.2 Å². The van der Waals surface area contributed by atoms with Crippen molar-refractivity contribution in [1.29, 1.82) is 0 Å². The maximum Gasteiger partial charge on any atom is 0.405 e. The minimum Gasteiger partial charge on any atom is -0.329 e. The van der Waals surface area contributed by atoms with Gasteiger partial charge in [-0.25, -0.2) is 9.78 Å². The van der Waals surface area contributed by atoms with Crippen molar-refractivity contribution in [3.8, 4) is 22.4 Å². The Hall–Kier alpha value is -3.60. The number of benzene rings is 2. The highest BCUT2D eigenvalue weighted by Gasteiger charge is 2.27. The van der Waals surface area contributed by atoms with E-state index in [0.717, 1.165) is 47.7 Å². The topological polar surface area (TPSA) is 82.5 Å². The predicted octanol–water partition coefficient (Wildman–Crippen LogP) is 5.01. The van der Waals surface area contributed by atoms with Crippen molar-refractivity contribution in [3.05, 3.63) is 78.6 Å². The van der Waals surface area contributed by atoms with Crippen molar-refractivity contribution >= 4 is 29.8 Å². The Bertz CT molecular complexity index is 1370. The first-order valence-corrected chi connectivity index (χ1v) is 11.6. The average molecular weight is 531 g/mol. The van der Waals surface area contributed by atoms with Crippen LogP contribution in [0.15, 0.2) is 73.1 Å². The van der Waals surface area contributed by atoms with Gasteiger partial charge in [-0.2, -0.15) is 13.2 Å². The molecule has 0 radical (unpaired) electrons. The van der Waals surface area contributed by atoms with Gasteiger partial charge in [0.05, 0.1) is 11.9 Å². The van der Waals surface area contributed by atoms with Gasteiger partial charge in [-0.15, -0.1) is 12.4 Å². The van der Waals surface area contributed by atoms with E-state index in [1.807, 2.05) is 28.8 Å². The van der Waals surface area contributed by atoms with E-state index in [1.54, 1.807) is 29.7 Å². The molecule has 2 amide bonds. The van der Waals surface area contributed by atoms with Crippen molar-refractivity contribution < 1.29 is 18.0 Å². The molecule has 4 N–H and O–H groups in total. The number of fused-ring (bicyclic) bond motifs is 1. The quantitative estimate of drug-likeness (QED) is 0.292. The number of piperazine rings is 1. The van der Waals surface area contributed by atoms with E-state index in [0.29, 0.717) is 11.7 Å². The fourth-order valence-electron chi connectivity index (χ4n) is 4.28. The number of nitrogens with zero attached hydrogens (tertiary/aromatic N) is 2. The standard InChI is InChI=1S/C26H25F3N6O.ClH/c27-26(28,29)16-33-25(36)34-21-3-1-2-20(12-21)23-15-32-24-13-19(8-11-35(23)24)17-4-6-18(7-5-17)22-14-30-9-10-31-22;/h1-8,11-13,15,22,30-31H,9-10,14,16H2,(H2,33,34,36);1H. The number of hydrogen-bond donors (Lipinski definition) is 4. The SMILES string of the molecule is Cl.O=C(NCC(F)(F)F)Nc1cccc(-c2cnc3cc(-c4ccc(C5CNCCN5)cc4)ccn23)c1. The number of amides is 2. The van der Waals surface area contributed by atoms with Gasteiger partial charge in [-0.1, -0.05) is 36.4 Å². The Morgan fingerprint density at radius 3 is 2.57 bits per heavy atom. The van der Waals surface area contributed by atoms with Gasteiger partial charge in [0.2, 0.25) is 0 Å². The number of aromatic nitrogens is 2. The second-order valence-corrected chi connectivity index (χ2v) is 8.62. The summed E-state index contributed by atoms with van der Waals surface area (Å²) in [5.74, 6) is 0. The molecular weight excluding hydrogens is 505 g/mol. The van der Waals surface area contributed by atoms with E-state index in [4.69, 9.17) is 0 Å². The Kier molecular flexibility index (Phi) is 8.01. The van der Waals surface area contributed by atoms with Crippen LogP contribution in [0.2, 0.25) is 0 Å². The first kappa shape index (κ1) is 26.5. The van der Waals surface area contributed by atoms with Crippen LogP contribution >= 0.6 is 12.4 Å². The number of pyridine rings is 1. The van der Waals surface area contributed by atoms with Crippen LogP contribution in [-0.2, 0) is 0 Å². The fraction of sp³-hybridized carbons (Fsp3) is 0.231. The van der Waals surface area contributed by atoms with Crippen LogP contribution < -0.4 is 21.3 Å². The van der Waals surface area contributed by atoms with Crippen molar-refractivity contribution in [3.63, 3.8) is 0 Å². The van der Waals surface area contributed by atoms with Crippen LogP contribution in [0.1, 0.15) is 11.6 Å².